The number of hydrogen-bond donors (Lipinski definition) is 0. The molecule has 0 N–H and O–H groups in total. The van der Waals surface area contributed by atoms with Crippen LogP contribution in [0.15, 0.2) is 36.5 Å². The third-order valence-corrected chi connectivity index (χ3v) is 2.90. The van der Waals surface area contributed by atoms with Gasteiger partial charge in [-0.1, -0.05) is 30.3 Å². The summed E-state index contributed by atoms with van der Waals surface area (Å²) in [7, 11) is 0. The highest BCUT2D eigenvalue weighted by atomic mass is 127. The second-order valence-corrected chi connectivity index (χ2v) is 4.13. The first kappa shape index (κ1) is 10.4. The molecule has 0 bridgehead atoms. The van der Waals surface area contributed by atoms with Gasteiger partial charge in [0.05, 0.1) is 35.0 Å². The number of benzene rings is 1. The second kappa shape index (κ2) is 4.57. The molecule has 2 aromatic rings. The first-order valence-corrected chi connectivity index (χ1v) is 5.51. The van der Waals surface area contributed by atoms with E-state index in [9.17, 15) is 4.79 Å². The first-order valence-electron chi connectivity index (χ1n) is 4.54. The van der Waals surface area contributed by atoms with Gasteiger partial charge < -0.3 is 4.79 Å². The van der Waals surface area contributed by atoms with Gasteiger partial charge >= 0.3 is 0 Å². The molecule has 0 spiro atoms. The van der Waals surface area contributed by atoms with E-state index < -0.39 is 0 Å². The smallest absolute Gasteiger partial charge is 0.127 e. The zero-order chi connectivity index (χ0) is 10.7. The molecule has 0 saturated heterocycles. The van der Waals surface area contributed by atoms with Crippen molar-refractivity contribution in [2.45, 2.75) is 6.42 Å². The number of hydrogen-bond acceptors (Lipinski definition) is 2. The van der Waals surface area contributed by atoms with Gasteiger partial charge in [0.15, 0.2) is 0 Å². The molecule has 0 unspecified atom stereocenters. The summed E-state index contributed by atoms with van der Waals surface area (Å²) in [6, 6.07) is 9.92. The Morgan fingerprint density at radius 3 is 2.73 bits per heavy atom. The van der Waals surface area contributed by atoms with E-state index in [1.54, 1.807) is 0 Å². The zero-order valence-corrected chi connectivity index (χ0v) is 10.1. The lowest BCUT2D eigenvalue weighted by atomic mass is 10.2. The maximum atomic E-state index is 10.4. The minimum atomic E-state index is 0.357. The average molecular weight is 312 g/mol. The molecule has 4 heteroatoms. The van der Waals surface area contributed by atoms with Gasteiger partial charge in [-0.2, -0.15) is 0 Å². The normalized spacial score (nSPS) is 10.2. The van der Waals surface area contributed by atoms with Gasteiger partial charge in [-0.15, -0.1) is 0 Å². The van der Waals surface area contributed by atoms with E-state index in [1.165, 1.54) is 0 Å². The predicted octanol–water partition coefficient (Wildman–Crippen LogP) is 2.49. The molecule has 0 aliphatic carbocycles. The van der Waals surface area contributed by atoms with Crippen molar-refractivity contribution < 1.29 is 4.79 Å². The minimum absolute atomic E-state index is 0.357. The van der Waals surface area contributed by atoms with Crippen LogP contribution in [0, 0.1) is 0 Å². The highest BCUT2D eigenvalue weighted by Gasteiger charge is 2.06. The van der Waals surface area contributed by atoms with Crippen LogP contribution >= 0.6 is 22.9 Å². The van der Waals surface area contributed by atoms with Crippen molar-refractivity contribution in [2.75, 3.05) is 0 Å². The minimum Gasteiger partial charge on any atom is -0.303 e. The third-order valence-electron chi connectivity index (χ3n) is 2.07. The van der Waals surface area contributed by atoms with Crippen molar-refractivity contribution in [3.05, 3.63) is 42.4 Å². The highest BCUT2D eigenvalue weighted by Crippen LogP contribution is 2.19. The fourth-order valence-electron chi connectivity index (χ4n) is 1.35. The Labute approximate surface area is 102 Å². The highest BCUT2D eigenvalue weighted by molar-refractivity contribution is 14.1. The van der Waals surface area contributed by atoms with Gasteiger partial charge in [0.25, 0.3) is 0 Å². The number of halogens is 1. The third kappa shape index (κ3) is 2.26. The summed E-state index contributed by atoms with van der Waals surface area (Å²) in [4.78, 5) is 14.8. The maximum Gasteiger partial charge on any atom is 0.127 e. The molecular weight excluding hydrogens is 303 g/mol. The van der Waals surface area contributed by atoms with Crippen molar-refractivity contribution in [1.29, 1.82) is 0 Å². The molecule has 0 fully saturated rings. The monoisotopic (exact) mass is 312 g/mol. The van der Waals surface area contributed by atoms with E-state index >= 15 is 0 Å². The summed E-state index contributed by atoms with van der Waals surface area (Å²) >= 11 is 2.13. The Kier molecular flexibility index (Phi) is 3.15. The number of rotatable bonds is 3. The SMILES string of the molecule is O=CCc1nc(-c2ccccc2)cn1I. The molecule has 0 saturated carbocycles. The summed E-state index contributed by atoms with van der Waals surface area (Å²) < 4.78 is 1.86. The van der Waals surface area contributed by atoms with Gasteiger partial charge in [-0.05, 0) is 0 Å². The number of aldehydes is 1. The summed E-state index contributed by atoms with van der Waals surface area (Å²) in [5, 5.41) is 0. The van der Waals surface area contributed by atoms with Crippen LogP contribution in [0.5, 0.6) is 0 Å². The molecule has 1 aromatic carbocycles. The summed E-state index contributed by atoms with van der Waals surface area (Å²) in [5.41, 5.74) is 1.97. The van der Waals surface area contributed by atoms with Crippen LogP contribution in [-0.2, 0) is 11.2 Å². The number of nitrogens with zero attached hydrogens (tertiary/aromatic N) is 2. The van der Waals surface area contributed by atoms with Crippen LogP contribution in [-0.4, -0.2) is 14.1 Å². The molecule has 0 atom stereocenters. The van der Waals surface area contributed by atoms with E-state index in [2.05, 4.69) is 27.8 Å². The van der Waals surface area contributed by atoms with Gasteiger partial charge in [0.1, 0.15) is 12.1 Å². The lowest BCUT2D eigenvalue weighted by molar-refractivity contribution is -0.107. The Balaban J connectivity index is 2.38. The van der Waals surface area contributed by atoms with Crippen LogP contribution in [0.1, 0.15) is 5.82 Å². The van der Waals surface area contributed by atoms with Gasteiger partial charge in [-0.3, -0.25) is 2.78 Å². The molecule has 1 heterocycles. The summed E-state index contributed by atoms with van der Waals surface area (Å²) in [6.07, 6.45) is 3.15. The van der Waals surface area contributed by atoms with E-state index in [4.69, 9.17) is 0 Å². The lowest BCUT2D eigenvalue weighted by Crippen LogP contribution is -1.92. The standard InChI is InChI=1S/C11H9IN2O/c12-14-8-10(13-11(14)6-7-15)9-4-2-1-3-5-9/h1-5,7-8H,6H2. The first-order chi connectivity index (χ1) is 7.31. The fraction of sp³-hybridized carbons (Fsp3) is 0.0909. The van der Waals surface area contributed by atoms with E-state index in [1.807, 2.05) is 39.3 Å². The van der Waals surface area contributed by atoms with Crippen LogP contribution in [0.25, 0.3) is 11.3 Å². The van der Waals surface area contributed by atoms with Gasteiger partial charge in [-0.25, -0.2) is 4.98 Å². The Bertz CT molecular complexity index is 465. The van der Waals surface area contributed by atoms with Gasteiger partial charge in [0, 0.05) is 11.8 Å². The predicted molar refractivity (Wildman–Crippen MR) is 66.8 cm³/mol. The van der Waals surface area contributed by atoms with Crippen molar-refractivity contribution in [1.82, 2.24) is 7.76 Å². The molecule has 1 aromatic heterocycles. The van der Waals surface area contributed by atoms with Crippen LogP contribution in [0.4, 0.5) is 0 Å². The molecule has 15 heavy (non-hydrogen) atoms. The summed E-state index contributed by atoms with van der Waals surface area (Å²) in [5.74, 6) is 0.782. The molecule has 0 radical (unpaired) electrons. The van der Waals surface area contributed by atoms with Crippen molar-refractivity contribution in [2.24, 2.45) is 0 Å². The molecular formula is C11H9IN2O. The van der Waals surface area contributed by atoms with Crippen LogP contribution < -0.4 is 0 Å². The average Bonchev–Trinajstić information content (AvgIpc) is 2.63. The Morgan fingerprint density at radius 2 is 2.07 bits per heavy atom. The van der Waals surface area contributed by atoms with Crippen LogP contribution in [0.3, 0.4) is 0 Å². The van der Waals surface area contributed by atoms with Crippen LogP contribution in [0.2, 0.25) is 0 Å². The second-order valence-electron chi connectivity index (χ2n) is 3.09. The van der Waals surface area contributed by atoms with E-state index in [0.29, 0.717) is 6.42 Å². The topological polar surface area (TPSA) is 34.9 Å². The molecule has 0 amide bonds. The quantitative estimate of drug-likeness (QED) is 0.645. The van der Waals surface area contributed by atoms with Crippen molar-refractivity contribution >= 4 is 29.2 Å². The zero-order valence-electron chi connectivity index (χ0n) is 7.93. The molecule has 2 rings (SSSR count). The number of carbonyl (C=O) groups is 1. The van der Waals surface area contributed by atoms with Crippen molar-refractivity contribution in [3.8, 4) is 11.3 Å². The van der Waals surface area contributed by atoms with E-state index in [0.717, 1.165) is 23.4 Å². The number of carbonyl (C=O) groups excluding carboxylic acids is 1. The fourth-order valence-corrected chi connectivity index (χ4v) is 1.92. The number of aromatic nitrogens is 2. The molecule has 3 nitrogen and oxygen atoms in total. The largest absolute Gasteiger partial charge is 0.303 e. The Morgan fingerprint density at radius 1 is 1.33 bits per heavy atom. The van der Waals surface area contributed by atoms with Crippen molar-refractivity contribution in [3.63, 3.8) is 0 Å². The van der Waals surface area contributed by atoms with E-state index in [-0.39, 0.29) is 0 Å². The molecule has 0 aliphatic rings. The Hall–Kier alpha value is -1.17. The molecule has 0 aliphatic heterocycles. The number of imidazole rings is 1. The maximum absolute atomic E-state index is 10.4. The van der Waals surface area contributed by atoms with Gasteiger partial charge in [0.2, 0.25) is 0 Å². The summed E-state index contributed by atoms with van der Waals surface area (Å²) in [6.45, 7) is 0. The lowest BCUT2D eigenvalue weighted by Gasteiger charge is -1.92. The molecule has 76 valence electrons.